The first-order chi connectivity index (χ1) is 9.76. The van der Waals surface area contributed by atoms with Gasteiger partial charge in [0.15, 0.2) is 6.29 Å². The second kappa shape index (κ2) is 11.0. The normalized spacial score (nSPS) is 21.2. The second-order valence-corrected chi connectivity index (χ2v) is 5.50. The lowest BCUT2D eigenvalue weighted by Crippen LogP contribution is -2.27. The van der Waals surface area contributed by atoms with E-state index in [0.717, 1.165) is 45.1 Å². The number of hydrogen-bond acceptors (Lipinski definition) is 3. The van der Waals surface area contributed by atoms with Gasteiger partial charge in [0.25, 0.3) is 0 Å². The molecule has 1 rings (SSSR count). The van der Waals surface area contributed by atoms with Gasteiger partial charge in [-0.1, -0.05) is 19.1 Å². The highest BCUT2D eigenvalue weighted by Crippen LogP contribution is 2.19. The molecule has 0 radical (unpaired) electrons. The Balaban J connectivity index is 2.12. The van der Waals surface area contributed by atoms with Crippen LogP contribution in [0.1, 0.15) is 71.6 Å². The van der Waals surface area contributed by atoms with Gasteiger partial charge in [-0.15, -0.1) is 0 Å². The number of Topliss-reactive ketones (excluding diaryl/α,β-unsaturated/α-hetero) is 1. The third-order valence-corrected chi connectivity index (χ3v) is 3.74. The molecular formula is C17H30O3. The Morgan fingerprint density at radius 1 is 1.40 bits per heavy atom. The Bertz CT molecular complexity index is 280. The summed E-state index contributed by atoms with van der Waals surface area (Å²) in [4.78, 5) is 11.7. The van der Waals surface area contributed by atoms with E-state index in [4.69, 9.17) is 9.47 Å². The van der Waals surface area contributed by atoms with Crippen molar-refractivity contribution in [3.8, 4) is 0 Å². The van der Waals surface area contributed by atoms with Gasteiger partial charge >= 0.3 is 0 Å². The molecule has 116 valence electrons. The van der Waals surface area contributed by atoms with Crippen LogP contribution in [0.4, 0.5) is 0 Å². The number of ketones is 1. The molecule has 0 aromatic carbocycles. The lowest BCUT2D eigenvalue weighted by molar-refractivity contribution is -0.189. The molecule has 1 fully saturated rings. The van der Waals surface area contributed by atoms with Gasteiger partial charge in [-0.2, -0.15) is 0 Å². The van der Waals surface area contributed by atoms with Gasteiger partial charge in [0.2, 0.25) is 0 Å². The van der Waals surface area contributed by atoms with Crippen molar-refractivity contribution in [1.82, 2.24) is 0 Å². The van der Waals surface area contributed by atoms with Crippen molar-refractivity contribution in [2.75, 3.05) is 6.61 Å². The van der Waals surface area contributed by atoms with Crippen LogP contribution in [0.25, 0.3) is 0 Å². The summed E-state index contributed by atoms with van der Waals surface area (Å²) in [6, 6.07) is 0. The molecular weight excluding hydrogens is 252 g/mol. The van der Waals surface area contributed by atoms with Gasteiger partial charge in [0, 0.05) is 19.4 Å². The van der Waals surface area contributed by atoms with E-state index in [1.165, 1.54) is 6.42 Å². The fraction of sp³-hybridized carbons (Fsp3) is 0.824. The van der Waals surface area contributed by atoms with Crippen LogP contribution in [0.5, 0.6) is 0 Å². The van der Waals surface area contributed by atoms with E-state index in [2.05, 4.69) is 13.0 Å². The zero-order valence-electron chi connectivity index (χ0n) is 13.1. The van der Waals surface area contributed by atoms with E-state index in [9.17, 15) is 4.79 Å². The van der Waals surface area contributed by atoms with Crippen molar-refractivity contribution < 1.29 is 14.3 Å². The summed E-state index contributed by atoms with van der Waals surface area (Å²) in [6.07, 6.45) is 12.8. The molecule has 1 aliphatic heterocycles. The molecule has 0 N–H and O–H groups in total. The summed E-state index contributed by atoms with van der Waals surface area (Å²) < 4.78 is 11.6. The van der Waals surface area contributed by atoms with Crippen LogP contribution in [0, 0.1) is 0 Å². The highest BCUT2D eigenvalue weighted by molar-refractivity contribution is 5.78. The van der Waals surface area contributed by atoms with Crippen LogP contribution in [0.15, 0.2) is 12.2 Å². The summed E-state index contributed by atoms with van der Waals surface area (Å²) in [5, 5.41) is 0. The smallest absolute Gasteiger partial charge is 0.157 e. The van der Waals surface area contributed by atoms with Crippen molar-refractivity contribution in [2.45, 2.75) is 84.0 Å². The minimum absolute atomic E-state index is 0.0147. The Morgan fingerprint density at radius 2 is 2.25 bits per heavy atom. The molecule has 1 saturated heterocycles. The number of ether oxygens (including phenoxy) is 2. The summed E-state index contributed by atoms with van der Waals surface area (Å²) in [6.45, 7) is 4.95. The molecule has 0 saturated carbocycles. The molecule has 20 heavy (non-hydrogen) atoms. The Kier molecular flexibility index (Phi) is 9.60. The molecule has 3 nitrogen and oxygen atoms in total. The number of rotatable bonds is 10. The van der Waals surface area contributed by atoms with Crippen molar-refractivity contribution in [3.63, 3.8) is 0 Å². The SMILES string of the molecule is C/C=C/CCC(=O)CCCC(CC)OC1CCCCO1. The molecule has 2 unspecified atom stereocenters. The average Bonchev–Trinajstić information content (AvgIpc) is 2.47. The molecule has 0 amide bonds. The van der Waals surface area contributed by atoms with Crippen LogP contribution in [0.2, 0.25) is 0 Å². The van der Waals surface area contributed by atoms with E-state index in [-0.39, 0.29) is 12.4 Å². The first-order valence-electron chi connectivity index (χ1n) is 8.16. The molecule has 2 atom stereocenters. The molecule has 0 aromatic heterocycles. The first-order valence-corrected chi connectivity index (χ1v) is 8.16. The second-order valence-electron chi connectivity index (χ2n) is 5.50. The lowest BCUT2D eigenvalue weighted by Gasteiger charge is -2.27. The zero-order valence-corrected chi connectivity index (χ0v) is 13.1. The molecule has 0 aromatic rings. The van der Waals surface area contributed by atoms with Gasteiger partial charge in [-0.05, 0) is 51.9 Å². The maximum absolute atomic E-state index is 11.7. The van der Waals surface area contributed by atoms with E-state index in [1.807, 2.05) is 13.0 Å². The van der Waals surface area contributed by atoms with Crippen molar-refractivity contribution in [3.05, 3.63) is 12.2 Å². The van der Waals surface area contributed by atoms with Crippen molar-refractivity contribution >= 4 is 5.78 Å². The van der Waals surface area contributed by atoms with Gasteiger partial charge in [-0.25, -0.2) is 0 Å². The maximum atomic E-state index is 11.7. The lowest BCUT2D eigenvalue weighted by atomic mass is 10.0. The molecule has 0 aliphatic carbocycles. The Morgan fingerprint density at radius 3 is 2.90 bits per heavy atom. The Labute approximate surface area is 123 Å². The topological polar surface area (TPSA) is 35.5 Å². The fourth-order valence-corrected chi connectivity index (χ4v) is 2.46. The van der Waals surface area contributed by atoms with Gasteiger partial charge < -0.3 is 9.47 Å². The van der Waals surface area contributed by atoms with E-state index < -0.39 is 0 Å². The molecule has 1 heterocycles. The van der Waals surface area contributed by atoms with Crippen LogP contribution in [-0.2, 0) is 14.3 Å². The van der Waals surface area contributed by atoms with Crippen LogP contribution in [-0.4, -0.2) is 24.8 Å². The first kappa shape index (κ1) is 17.4. The third-order valence-electron chi connectivity index (χ3n) is 3.74. The number of hydrogen-bond donors (Lipinski definition) is 0. The standard InChI is InChI=1S/C17H30O3/c1-3-5-6-10-15(18)11-9-12-16(4-2)20-17-13-7-8-14-19-17/h3,5,16-17H,4,6-14H2,1-2H3/b5-3+. The van der Waals surface area contributed by atoms with Gasteiger partial charge in [0.05, 0.1) is 6.10 Å². The van der Waals surface area contributed by atoms with Crippen molar-refractivity contribution in [1.29, 1.82) is 0 Å². The van der Waals surface area contributed by atoms with Gasteiger partial charge in [0.1, 0.15) is 5.78 Å². The number of allylic oxidation sites excluding steroid dienone is 2. The predicted octanol–water partition coefficient (Wildman–Crippen LogP) is 4.40. The number of carbonyl (C=O) groups is 1. The quantitative estimate of drug-likeness (QED) is 0.557. The monoisotopic (exact) mass is 282 g/mol. The van der Waals surface area contributed by atoms with E-state index in [0.29, 0.717) is 18.6 Å². The van der Waals surface area contributed by atoms with Gasteiger partial charge in [-0.3, -0.25) is 4.79 Å². The zero-order chi connectivity index (χ0) is 14.6. The summed E-state index contributed by atoms with van der Waals surface area (Å²) >= 11 is 0. The molecule has 0 spiro atoms. The molecule has 3 heteroatoms. The van der Waals surface area contributed by atoms with Crippen LogP contribution < -0.4 is 0 Å². The van der Waals surface area contributed by atoms with E-state index in [1.54, 1.807) is 0 Å². The summed E-state index contributed by atoms with van der Waals surface area (Å²) in [5.41, 5.74) is 0. The van der Waals surface area contributed by atoms with E-state index >= 15 is 0 Å². The third kappa shape index (κ3) is 7.81. The van der Waals surface area contributed by atoms with Crippen molar-refractivity contribution in [2.24, 2.45) is 0 Å². The molecule has 0 bridgehead atoms. The highest BCUT2D eigenvalue weighted by atomic mass is 16.7. The largest absolute Gasteiger partial charge is 0.353 e. The Hall–Kier alpha value is -0.670. The minimum Gasteiger partial charge on any atom is -0.353 e. The molecule has 1 aliphatic rings. The fourth-order valence-electron chi connectivity index (χ4n) is 2.46. The average molecular weight is 282 g/mol. The van der Waals surface area contributed by atoms with Crippen LogP contribution >= 0.6 is 0 Å². The van der Waals surface area contributed by atoms with Crippen LogP contribution in [0.3, 0.4) is 0 Å². The number of carbonyl (C=O) groups excluding carboxylic acids is 1. The predicted molar refractivity (Wildman–Crippen MR) is 81.7 cm³/mol. The highest BCUT2D eigenvalue weighted by Gasteiger charge is 2.18. The summed E-state index contributed by atoms with van der Waals surface area (Å²) in [5.74, 6) is 0.367. The minimum atomic E-state index is -0.0147. The maximum Gasteiger partial charge on any atom is 0.157 e. The summed E-state index contributed by atoms with van der Waals surface area (Å²) in [7, 11) is 0.